The summed E-state index contributed by atoms with van der Waals surface area (Å²) in [6, 6.07) is 0.486. The van der Waals surface area contributed by atoms with Gasteiger partial charge in [-0.2, -0.15) is 0 Å². The van der Waals surface area contributed by atoms with Gasteiger partial charge in [0.25, 0.3) is 0 Å². The lowest BCUT2D eigenvalue weighted by atomic mass is 9.94. The predicted molar refractivity (Wildman–Crippen MR) is 50.3 cm³/mol. The first-order valence-electron chi connectivity index (χ1n) is 4.32. The minimum atomic E-state index is -0.404. The van der Waals surface area contributed by atoms with Crippen molar-refractivity contribution in [3.05, 3.63) is 0 Å². The second kappa shape index (κ2) is 3.25. The van der Waals surface area contributed by atoms with Gasteiger partial charge in [-0.1, -0.05) is 0 Å². The number of carbonyl (C=O) groups is 1. The van der Waals surface area contributed by atoms with Crippen LogP contribution in [0.1, 0.15) is 26.7 Å². The summed E-state index contributed by atoms with van der Waals surface area (Å²) >= 11 is 5.71. The highest BCUT2D eigenvalue weighted by Gasteiger charge is 2.36. The molecule has 0 spiro atoms. The Morgan fingerprint density at radius 1 is 1.58 bits per heavy atom. The number of rotatable bonds is 3. The summed E-state index contributed by atoms with van der Waals surface area (Å²) in [5.74, 6) is 0.558. The lowest BCUT2D eigenvalue weighted by Gasteiger charge is -2.27. The van der Waals surface area contributed by atoms with Crippen LogP contribution in [0.4, 0.5) is 0 Å². The number of alkyl halides is 1. The Hall–Kier alpha value is -0.240. The van der Waals surface area contributed by atoms with Crippen molar-refractivity contribution in [3.8, 4) is 0 Å². The van der Waals surface area contributed by atoms with Crippen molar-refractivity contribution in [1.29, 1.82) is 0 Å². The summed E-state index contributed by atoms with van der Waals surface area (Å²) in [5.41, 5.74) is -0.404. The van der Waals surface area contributed by atoms with E-state index in [0.717, 1.165) is 12.8 Å². The SMILES string of the molecule is CN(C(=O)C(C)(C)CCl)C1CC1. The molecule has 0 aromatic rings. The minimum Gasteiger partial charge on any atom is -0.342 e. The molecule has 0 saturated heterocycles. The summed E-state index contributed by atoms with van der Waals surface area (Å²) in [6.45, 7) is 3.78. The molecule has 0 aromatic carbocycles. The number of nitrogens with zero attached hydrogens (tertiary/aromatic N) is 1. The van der Waals surface area contributed by atoms with Crippen molar-refractivity contribution in [1.82, 2.24) is 4.90 Å². The third kappa shape index (κ3) is 1.92. The molecule has 2 nitrogen and oxygen atoms in total. The molecule has 0 bridgehead atoms. The van der Waals surface area contributed by atoms with Crippen molar-refractivity contribution < 1.29 is 4.79 Å². The van der Waals surface area contributed by atoms with E-state index in [1.54, 1.807) is 0 Å². The van der Waals surface area contributed by atoms with Crippen LogP contribution in [0.2, 0.25) is 0 Å². The Labute approximate surface area is 78.9 Å². The van der Waals surface area contributed by atoms with E-state index in [-0.39, 0.29) is 5.91 Å². The quantitative estimate of drug-likeness (QED) is 0.621. The summed E-state index contributed by atoms with van der Waals surface area (Å²) in [7, 11) is 1.87. The summed E-state index contributed by atoms with van der Waals surface area (Å²) in [6.07, 6.45) is 2.31. The van der Waals surface area contributed by atoms with E-state index in [2.05, 4.69) is 0 Å². The Bertz CT molecular complexity index is 187. The zero-order valence-corrected chi connectivity index (χ0v) is 8.69. The number of halogens is 1. The molecule has 12 heavy (non-hydrogen) atoms. The summed E-state index contributed by atoms with van der Waals surface area (Å²) in [4.78, 5) is 13.6. The molecule has 70 valence electrons. The molecule has 0 radical (unpaired) electrons. The highest BCUT2D eigenvalue weighted by Crippen LogP contribution is 2.30. The molecule has 1 rings (SSSR count). The van der Waals surface area contributed by atoms with Gasteiger partial charge in [0.2, 0.25) is 5.91 Å². The first-order valence-corrected chi connectivity index (χ1v) is 4.85. The van der Waals surface area contributed by atoms with Gasteiger partial charge in [-0.3, -0.25) is 4.79 Å². The van der Waals surface area contributed by atoms with Crippen LogP contribution >= 0.6 is 11.6 Å². The number of carbonyl (C=O) groups excluding carboxylic acids is 1. The van der Waals surface area contributed by atoms with E-state index in [1.807, 2.05) is 25.8 Å². The molecule has 3 heteroatoms. The lowest BCUT2D eigenvalue weighted by Crippen LogP contribution is -2.40. The van der Waals surface area contributed by atoms with Crippen LogP contribution in [0.5, 0.6) is 0 Å². The van der Waals surface area contributed by atoms with Gasteiger partial charge < -0.3 is 4.90 Å². The standard InChI is InChI=1S/C9H16ClNO/c1-9(2,6-10)8(12)11(3)7-4-5-7/h7H,4-6H2,1-3H3. The highest BCUT2D eigenvalue weighted by atomic mass is 35.5. The smallest absolute Gasteiger partial charge is 0.229 e. The third-order valence-electron chi connectivity index (χ3n) is 2.33. The van der Waals surface area contributed by atoms with Gasteiger partial charge in [0.1, 0.15) is 0 Å². The summed E-state index contributed by atoms with van der Waals surface area (Å²) < 4.78 is 0. The Morgan fingerprint density at radius 3 is 2.42 bits per heavy atom. The molecule has 0 aromatic heterocycles. The van der Waals surface area contributed by atoms with Crippen LogP contribution < -0.4 is 0 Å². The number of hydrogen-bond acceptors (Lipinski definition) is 1. The predicted octanol–water partition coefficient (Wildman–Crippen LogP) is 1.87. The van der Waals surface area contributed by atoms with Crippen LogP contribution in [0.15, 0.2) is 0 Å². The lowest BCUT2D eigenvalue weighted by molar-refractivity contribution is -0.138. The van der Waals surface area contributed by atoms with Crippen molar-refractivity contribution >= 4 is 17.5 Å². The van der Waals surface area contributed by atoms with Crippen molar-refractivity contribution in [2.24, 2.45) is 5.41 Å². The van der Waals surface area contributed by atoms with Gasteiger partial charge in [-0.05, 0) is 26.7 Å². The van der Waals surface area contributed by atoms with E-state index in [0.29, 0.717) is 11.9 Å². The Balaban J connectivity index is 2.55. The molecule has 1 fully saturated rings. The molecule has 1 amide bonds. The molecule has 0 N–H and O–H groups in total. The van der Waals surface area contributed by atoms with Gasteiger partial charge >= 0.3 is 0 Å². The van der Waals surface area contributed by atoms with E-state index in [9.17, 15) is 4.79 Å². The summed E-state index contributed by atoms with van der Waals surface area (Å²) in [5, 5.41) is 0. The Kier molecular flexibility index (Phi) is 2.67. The van der Waals surface area contributed by atoms with Crippen molar-refractivity contribution in [2.75, 3.05) is 12.9 Å². The van der Waals surface area contributed by atoms with E-state index < -0.39 is 5.41 Å². The average molecular weight is 190 g/mol. The monoisotopic (exact) mass is 189 g/mol. The largest absolute Gasteiger partial charge is 0.342 e. The molecule has 0 atom stereocenters. The molecule has 0 aliphatic heterocycles. The maximum Gasteiger partial charge on any atom is 0.229 e. The van der Waals surface area contributed by atoms with E-state index >= 15 is 0 Å². The third-order valence-corrected chi connectivity index (χ3v) is 3.00. The van der Waals surface area contributed by atoms with Crippen molar-refractivity contribution in [2.45, 2.75) is 32.7 Å². The normalized spacial score (nSPS) is 17.7. The minimum absolute atomic E-state index is 0.167. The second-order valence-corrected chi connectivity index (χ2v) is 4.43. The second-order valence-electron chi connectivity index (χ2n) is 4.16. The molecular formula is C9H16ClNO. The molecule has 0 unspecified atom stereocenters. The first-order chi connectivity index (χ1) is 5.49. The molecule has 1 aliphatic carbocycles. The van der Waals surface area contributed by atoms with Crippen LogP contribution in [0.25, 0.3) is 0 Å². The van der Waals surface area contributed by atoms with E-state index in [4.69, 9.17) is 11.6 Å². The van der Waals surface area contributed by atoms with Gasteiger partial charge in [-0.15, -0.1) is 11.6 Å². The van der Waals surface area contributed by atoms with Crippen LogP contribution in [0.3, 0.4) is 0 Å². The zero-order chi connectivity index (χ0) is 9.35. The van der Waals surface area contributed by atoms with Crippen LogP contribution in [0, 0.1) is 5.41 Å². The van der Waals surface area contributed by atoms with E-state index in [1.165, 1.54) is 0 Å². The van der Waals surface area contributed by atoms with Gasteiger partial charge in [0.05, 0.1) is 5.41 Å². The zero-order valence-electron chi connectivity index (χ0n) is 7.93. The molecule has 1 saturated carbocycles. The highest BCUT2D eigenvalue weighted by molar-refractivity contribution is 6.19. The van der Waals surface area contributed by atoms with Crippen LogP contribution in [-0.4, -0.2) is 29.8 Å². The Morgan fingerprint density at radius 2 is 2.08 bits per heavy atom. The molecule has 0 heterocycles. The van der Waals surface area contributed by atoms with Gasteiger partial charge in [0, 0.05) is 19.0 Å². The fraction of sp³-hybridized carbons (Fsp3) is 0.889. The maximum atomic E-state index is 11.7. The fourth-order valence-corrected chi connectivity index (χ4v) is 1.28. The number of hydrogen-bond donors (Lipinski definition) is 0. The first kappa shape index (κ1) is 9.85. The van der Waals surface area contributed by atoms with Crippen molar-refractivity contribution in [3.63, 3.8) is 0 Å². The number of amides is 1. The fourth-order valence-electron chi connectivity index (χ4n) is 1.16. The molecule has 1 aliphatic rings. The topological polar surface area (TPSA) is 20.3 Å². The van der Waals surface area contributed by atoms with Gasteiger partial charge in [0.15, 0.2) is 0 Å². The van der Waals surface area contributed by atoms with Gasteiger partial charge in [-0.25, -0.2) is 0 Å². The van der Waals surface area contributed by atoms with Crippen LogP contribution in [-0.2, 0) is 4.79 Å². The molecular weight excluding hydrogens is 174 g/mol. The average Bonchev–Trinajstić information content (AvgIpc) is 2.84. The maximum absolute atomic E-state index is 11.7.